The Hall–Kier alpha value is -1.72. The second kappa shape index (κ2) is 8.59. The Bertz CT molecular complexity index is 698. The maximum absolute atomic E-state index is 12.5. The summed E-state index contributed by atoms with van der Waals surface area (Å²) in [6.45, 7) is 7.66. The van der Waals surface area contributed by atoms with Gasteiger partial charge in [0.1, 0.15) is 0 Å². The van der Waals surface area contributed by atoms with Crippen molar-refractivity contribution in [2.45, 2.75) is 39.7 Å². The van der Waals surface area contributed by atoms with E-state index in [2.05, 4.69) is 39.5 Å². The summed E-state index contributed by atoms with van der Waals surface area (Å²) in [7, 11) is 0. The van der Waals surface area contributed by atoms with Gasteiger partial charge in [0.15, 0.2) is 0 Å². The van der Waals surface area contributed by atoms with Gasteiger partial charge in [-0.3, -0.25) is 9.69 Å². The van der Waals surface area contributed by atoms with Gasteiger partial charge >= 0.3 is 0 Å². The summed E-state index contributed by atoms with van der Waals surface area (Å²) in [6, 6.07) is 10.5. The molecule has 1 amide bonds. The topological polar surface area (TPSA) is 45.2 Å². The Morgan fingerprint density at radius 2 is 2.12 bits per heavy atom. The lowest BCUT2D eigenvalue weighted by Gasteiger charge is -2.32. The Balaban J connectivity index is 1.46. The van der Waals surface area contributed by atoms with Crippen LogP contribution in [0.15, 0.2) is 30.3 Å². The van der Waals surface area contributed by atoms with Gasteiger partial charge in [0, 0.05) is 30.9 Å². The van der Waals surface area contributed by atoms with E-state index in [1.54, 1.807) is 11.3 Å². The number of carbonyl (C=O) groups is 1. The molecule has 0 radical (unpaired) electrons. The molecule has 1 atom stereocenters. The van der Waals surface area contributed by atoms with Gasteiger partial charge in [0.05, 0.1) is 16.6 Å². The average molecular weight is 358 g/mol. The number of thiazole rings is 1. The standard InChI is InChI=1S/C20H27N3OS/c1-15-19(25-16(2)22-15)10-11-21-20(24)18-9-6-12-23(14-18)13-17-7-4-3-5-8-17/h3-5,7-8,18H,6,9-14H2,1-2H3,(H,21,24). The molecule has 1 aliphatic rings. The van der Waals surface area contributed by atoms with Crippen LogP contribution >= 0.6 is 11.3 Å². The lowest BCUT2D eigenvalue weighted by atomic mass is 9.96. The van der Waals surface area contributed by atoms with Gasteiger partial charge in [0.25, 0.3) is 0 Å². The van der Waals surface area contributed by atoms with E-state index in [-0.39, 0.29) is 11.8 Å². The SMILES string of the molecule is Cc1nc(C)c(CCNC(=O)C2CCCN(Cc3ccccc3)C2)s1. The lowest BCUT2D eigenvalue weighted by molar-refractivity contribution is -0.126. The lowest BCUT2D eigenvalue weighted by Crippen LogP contribution is -2.43. The highest BCUT2D eigenvalue weighted by molar-refractivity contribution is 7.11. The van der Waals surface area contributed by atoms with Crippen molar-refractivity contribution < 1.29 is 4.79 Å². The number of benzene rings is 1. The van der Waals surface area contributed by atoms with E-state index in [9.17, 15) is 4.79 Å². The number of carbonyl (C=O) groups excluding carboxylic acids is 1. The minimum atomic E-state index is 0.113. The molecule has 1 unspecified atom stereocenters. The molecule has 4 nitrogen and oxygen atoms in total. The third-order valence-electron chi connectivity index (χ3n) is 4.78. The zero-order chi connectivity index (χ0) is 17.6. The first-order valence-electron chi connectivity index (χ1n) is 9.08. The number of piperidine rings is 1. The molecule has 0 spiro atoms. The summed E-state index contributed by atoms with van der Waals surface area (Å²) in [5.41, 5.74) is 2.42. The Morgan fingerprint density at radius 3 is 2.84 bits per heavy atom. The molecule has 0 aliphatic carbocycles. The number of rotatable bonds is 6. The fourth-order valence-corrected chi connectivity index (χ4v) is 4.44. The van der Waals surface area contributed by atoms with Gasteiger partial charge in [-0.1, -0.05) is 30.3 Å². The van der Waals surface area contributed by atoms with E-state index in [0.29, 0.717) is 6.54 Å². The van der Waals surface area contributed by atoms with Crippen molar-refractivity contribution >= 4 is 17.2 Å². The monoisotopic (exact) mass is 357 g/mol. The molecule has 2 aromatic rings. The number of hydrogen-bond acceptors (Lipinski definition) is 4. The van der Waals surface area contributed by atoms with Crippen LogP contribution in [-0.2, 0) is 17.8 Å². The molecule has 1 aliphatic heterocycles. The Labute approximate surface area is 154 Å². The molecule has 1 aromatic carbocycles. The normalized spacial score (nSPS) is 18.2. The molecular formula is C20H27N3OS. The number of amides is 1. The first-order valence-corrected chi connectivity index (χ1v) is 9.90. The van der Waals surface area contributed by atoms with Gasteiger partial charge in [-0.2, -0.15) is 0 Å². The van der Waals surface area contributed by atoms with Gasteiger partial charge in [-0.05, 0) is 38.8 Å². The molecule has 134 valence electrons. The summed E-state index contributed by atoms with van der Waals surface area (Å²) < 4.78 is 0. The highest BCUT2D eigenvalue weighted by Gasteiger charge is 2.25. The minimum Gasteiger partial charge on any atom is -0.355 e. The van der Waals surface area contributed by atoms with E-state index in [1.165, 1.54) is 10.4 Å². The van der Waals surface area contributed by atoms with Crippen LogP contribution in [0.3, 0.4) is 0 Å². The van der Waals surface area contributed by atoms with Crippen molar-refractivity contribution in [2.75, 3.05) is 19.6 Å². The minimum absolute atomic E-state index is 0.113. The molecule has 1 saturated heterocycles. The summed E-state index contributed by atoms with van der Waals surface area (Å²) >= 11 is 1.73. The van der Waals surface area contributed by atoms with Gasteiger partial charge in [-0.15, -0.1) is 11.3 Å². The fraction of sp³-hybridized carbons (Fsp3) is 0.500. The molecule has 0 bridgehead atoms. The van der Waals surface area contributed by atoms with Crippen molar-refractivity contribution in [1.82, 2.24) is 15.2 Å². The number of nitrogens with one attached hydrogen (secondary N) is 1. The number of nitrogens with zero attached hydrogens (tertiary/aromatic N) is 2. The summed E-state index contributed by atoms with van der Waals surface area (Å²) in [4.78, 5) is 20.7. The van der Waals surface area contributed by atoms with Crippen LogP contribution in [-0.4, -0.2) is 35.4 Å². The van der Waals surface area contributed by atoms with Crippen molar-refractivity contribution in [3.8, 4) is 0 Å². The zero-order valence-electron chi connectivity index (χ0n) is 15.1. The van der Waals surface area contributed by atoms with E-state index < -0.39 is 0 Å². The van der Waals surface area contributed by atoms with E-state index in [4.69, 9.17) is 0 Å². The molecule has 3 rings (SSSR count). The van der Waals surface area contributed by atoms with Crippen LogP contribution in [0, 0.1) is 19.8 Å². The molecule has 0 saturated carbocycles. The second-order valence-corrected chi connectivity index (χ2v) is 8.13. The average Bonchev–Trinajstić information content (AvgIpc) is 2.93. The maximum atomic E-state index is 12.5. The predicted molar refractivity (Wildman–Crippen MR) is 103 cm³/mol. The highest BCUT2D eigenvalue weighted by atomic mass is 32.1. The van der Waals surface area contributed by atoms with Gasteiger partial charge < -0.3 is 5.32 Å². The van der Waals surface area contributed by atoms with Crippen LogP contribution < -0.4 is 5.32 Å². The van der Waals surface area contributed by atoms with Crippen molar-refractivity contribution in [3.63, 3.8) is 0 Å². The molecule has 25 heavy (non-hydrogen) atoms. The van der Waals surface area contributed by atoms with Crippen molar-refractivity contribution in [1.29, 1.82) is 0 Å². The largest absolute Gasteiger partial charge is 0.355 e. The van der Waals surface area contributed by atoms with E-state index in [0.717, 1.165) is 49.6 Å². The molecule has 1 aromatic heterocycles. The number of aryl methyl sites for hydroxylation is 2. The van der Waals surface area contributed by atoms with Gasteiger partial charge in [0.2, 0.25) is 5.91 Å². The number of aromatic nitrogens is 1. The third kappa shape index (κ3) is 5.13. The van der Waals surface area contributed by atoms with E-state index in [1.807, 2.05) is 19.9 Å². The molecule has 1 N–H and O–H groups in total. The Kier molecular flexibility index (Phi) is 6.21. The summed E-state index contributed by atoms with van der Waals surface area (Å²) in [5, 5.41) is 4.23. The second-order valence-electron chi connectivity index (χ2n) is 6.84. The van der Waals surface area contributed by atoms with E-state index >= 15 is 0 Å². The molecular weight excluding hydrogens is 330 g/mol. The zero-order valence-corrected chi connectivity index (χ0v) is 15.9. The number of hydrogen-bond donors (Lipinski definition) is 1. The molecule has 5 heteroatoms. The quantitative estimate of drug-likeness (QED) is 0.862. The van der Waals surface area contributed by atoms with Crippen LogP contribution in [0.4, 0.5) is 0 Å². The van der Waals surface area contributed by atoms with Crippen LogP contribution in [0.25, 0.3) is 0 Å². The van der Waals surface area contributed by atoms with Crippen molar-refractivity contribution in [2.24, 2.45) is 5.92 Å². The first kappa shape index (κ1) is 18.1. The molecule has 1 fully saturated rings. The maximum Gasteiger partial charge on any atom is 0.224 e. The van der Waals surface area contributed by atoms with Crippen LogP contribution in [0.5, 0.6) is 0 Å². The van der Waals surface area contributed by atoms with Crippen molar-refractivity contribution in [3.05, 3.63) is 51.5 Å². The number of likely N-dealkylation sites (tertiary alicyclic amines) is 1. The van der Waals surface area contributed by atoms with Gasteiger partial charge in [-0.25, -0.2) is 4.98 Å². The summed E-state index contributed by atoms with van der Waals surface area (Å²) in [5.74, 6) is 0.318. The smallest absolute Gasteiger partial charge is 0.224 e. The fourth-order valence-electron chi connectivity index (χ4n) is 3.50. The predicted octanol–water partition coefficient (Wildman–Crippen LogP) is 3.33. The first-order chi connectivity index (χ1) is 12.1. The summed E-state index contributed by atoms with van der Waals surface area (Å²) in [6.07, 6.45) is 2.97. The third-order valence-corrected chi connectivity index (χ3v) is 5.91. The van der Waals surface area contributed by atoms with Crippen LogP contribution in [0.2, 0.25) is 0 Å². The Morgan fingerprint density at radius 1 is 1.32 bits per heavy atom. The molecule has 2 heterocycles. The van der Waals surface area contributed by atoms with Crippen LogP contribution in [0.1, 0.15) is 34.0 Å². The highest BCUT2D eigenvalue weighted by Crippen LogP contribution is 2.20.